The van der Waals surface area contributed by atoms with Gasteiger partial charge in [-0.3, -0.25) is 0 Å². The fourth-order valence-corrected chi connectivity index (χ4v) is 1.99. The lowest BCUT2D eigenvalue weighted by molar-refractivity contribution is -0.0832. The van der Waals surface area contributed by atoms with Crippen LogP contribution in [-0.2, 0) is 10.3 Å². The third-order valence-electron chi connectivity index (χ3n) is 2.59. The smallest absolute Gasteiger partial charge is 0.213 e. The molecule has 1 aliphatic rings. The molecule has 1 atom stereocenters. The van der Waals surface area contributed by atoms with Crippen molar-refractivity contribution in [2.24, 2.45) is 5.73 Å². The van der Waals surface area contributed by atoms with Crippen molar-refractivity contribution in [2.45, 2.75) is 37.8 Å². The minimum atomic E-state index is -0.505. The summed E-state index contributed by atoms with van der Waals surface area (Å²) < 4.78 is 10.3. The molecule has 0 radical (unpaired) electrons. The second-order valence-electron chi connectivity index (χ2n) is 4.45. The molecule has 0 amide bonds. The molecule has 2 heterocycles. The van der Waals surface area contributed by atoms with E-state index in [2.05, 4.69) is 10.1 Å². The van der Waals surface area contributed by atoms with Crippen LogP contribution in [0.25, 0.3) is 0 Å². The van der Waals surface area contributed by atoms with Crippen LogP contribution >= 0.6 is 0 Å². The van der Waals surface area contributed by atoms with Gasteiger partial charge in [0.15, 0.2) is 5.82 Å². The zero-order chi connectivity index (χ0) is 10.2. The van der Waals surface area contributed by atoms with E-state index in [1.165, 1.54) is 6.39 Å². The summed E-state index contributed by atoms with van der Waals surface area (Å²) in [6, 6.07) is 0. The molecular formula is C9H15N3O2. The molecule has 0 bridgehead atoms. The zero-order valence-corrected chi connectivity index (χ0v) is 8.49. The van der Waals surface area contributed by atoms with Gasteiger partial charge < -0.3 is 15.0 Å². The van der Waals surface area contributed by atoms with Crippen LogP contribution < -0.4 is 5.73 Å². The first-order chi connectivity index (χ1) is 6.52. The van der Waals surface area contributed by atoms with E-state index in [1.54, 1.807) is 0 Å². The Kier molecular flexibility index (Phi) is 2.08. The quantitative estimate of drug-likeness (QED) is 0.721. The molecule has 1 unspecified atom stereocenters. The predicted octanol–water partition coefficient (Wildman–Crippen LogP) is 0.813. The molecule has 1 saturated heterocycles. The SMILES string of the molecule is CC1(C)CC(N)(c2ncon2)CCO1. The average molecular weight is 197 g/mol. The minimum Gasteiger partial charge on any atom is -0.375 e. The summed E-state index contributed by atoms with van der Waals surface area (Å²) >= 11 is 0. The van der Waals surface area contributed by atoms with Crippen LogP contribution in [0.5, 0.6) is 0 Å². The van der Waals surface area contributed by atoms with Crippen LogP contribution in [0, 0.1) is 0 Å². The normalized spacial score (nSPS) is 31.6. The molecule has 78 valence electrons. The molecule has 1 aromatic heterocycles. The number of ether oxygens (including phenoxy) is 1. The second-order valence-corrected chi connectivity index (χ2v) is 4.45. The summed E-state index contributed by atoms with van der Waals surface area (Å²) in [6.45, 7) is 4.68. The third-order valence-corrected chi connectivity index (χ3v) is 2.59. The van der Waals surface area contributed by atoms with Gasteiger partial charge in [-0.15, -0.1) is 0 Å². The van der Waals surface area contributed by atoms with Crippen LogP contribution in [0.1, 0.15) is 32.5 Å². The molecule has 5 heteroatoms. The third kappa shape index (κ3) is 1.65. The Labute approximate surface area is 82.6 Å². The molecule has 5 nitrogen and oxygen atoms in total. The maximum Gasteiger partial charge on any atom is 0.213 e. The van der Waals surface area contributed by atoms with Gasteiger partial charge in [0.1, 0.15) is 0 Å². The number of rotatable bonds is 1. The Morgan fingerprint density at radius 2 is 2.29 bits per heavy atom. The van der Waals surface area contributed by atoms with Crippen molar-refractivity contribution in [2.75, 3.05) is 6.61 Å². The highest BCUT2D eigenvalue weighted by molar-refractivity contribution is 5.06. The van der Waals surface area contributed by atoms with Crippen molar-refractivity contribution < 1.29 is 9.26 Å². The summed E-state index contributed by atoms with van der Waals surface area (Å²) in [6.07, 6.45) is 2.75. The lowest BCUT2D eigenvalue weighted by Gasteiger charge is -2.40. The highest BCUT2D eigenvalue weighted by Gasteiger charge is 2.42. The first-order valence-corrected chi connectivity index (χ1v) is 4.72. The van der Waals surface area contributed by atoms with Crippen LogP contribution in [0.4, 0.5) is 0 Å². The van der Waals surface area contributed by atoms with Gasteiger partial charge in [-0.25, -0.2) is 0 Å². The maximum atomic E-state index is 6.24. The summed E-state index contributed by atoms with van der Waals surface area (Å²) in [4.78, 5) is 4.02. The topological polar surface area (TPSA) is 74.2 Å². The highest BCUT2D eigenvalue weighted by Crippen LogP contribution is 2.35. The molecular weight excluding hydrogens is 182 g/mol. The molecule has 1 fully saturated rings. The van der Waals surface area contributed by atoms with Crippen molar-refractivity contribution in [1.29, 1.82) is 0 Å². The molecule has 0 saturated carbocycles. The van der Waals surface area contributed by atoms with E-state index in [4.69, 9.17) is 15.0 Å². The van der Waals surface area contributed by atoms with E-state index in [-0.39, 0.29) is 5.60 Å². The van der Waals surface area contributed by atoms with Crippen molar-refractivity contribution in [3.63, 3.8) is 0 Å². The summed E-state index contributed by atoms with van der Waals surface area (Å²) in [5, 5.41) is 3.81. The van der Waals surface area contributed by atoms with Gasteiger partial charge in [0.2, 0.25) is 6.39 Å². The lowest BCUT2D eigenvalue weighted by Crippen LogP contribution is -2.50. The van der Waals surface area contributed by atoms with E-state index in [9.17, 15) is 0 Å². The maximum absolute atomic E-state index is 6.24. The Morgan fingerprint density at radius 3 is 2.86 bits per heavy atom. The Hall–Kier alpha value is -0.940. The highest BCUT2D eigenvalue weighted by atomic mass is 16.5. The molecule has 1 aliphatic heterocycles. The Balaban J connectivity index is 2.24. The molecule has 1 aromatic rings. The first-order valence-electron chi connectivity index (χ1n) is 4.72. The van der Waals surface area contributed by atoms with Gasteiger partial charge in [-0.1, -0.05) is 5.16 Å². The van der Waals surface area contributed by atoms with Gasteiger partial charge in [-0.05, 0) is 20.3 Å². The molecule has 0 spiro atoms. The zero-order valence-electron chi connectivity index (χ0n) is 8.49. The van der Waals surface area contributed by atoms with Gasteiger partial charge in [-0.2, -0.15) is 4.98 Å². The number of nitrogens with two attached hydrogens (primary N) is 1. The van der Waals surface area contributed by atoms with Crippen molar-refractivity contribution in [1.82, 2.24) is 10.1 Å². The number of hydrogen-bond acceptors (Lipinski definition) is 5. The van der Waals surface area contributed by atoms with E-state index < -0.39 is 5.54 Å². The van der Waals surface area contributed by atoms with E-state index >= 15 is 0 Å². The predicted molar refractivity (Wildman–Crippen MR) is 49.4 cm³/mol. The standard InChI is InChI=1S/C9H15N3O2/c1-8(2)5-9(10,3-4-13-8)7-11-6-14-12-7/h6H,3-5,10H2,1-2H3. The monoisotopic (exact) mass is 197 g/mol. The number of aromatic nitrogens is 2. The van der Waals surface area contributed by atoms with Gasteiger partial charge in [0.05, 0.1) is 11.1 Å². The number of hydrogen-bond donors (Lipinski definition) is 1. The summed E-state index contributed by atoms with van der Waals surface area (Å²) in [5.41, 5.74) is 5.52. The van der Waals surface area contributed by atoms with E-state index in [1.807, 2.05) is 13.8 Å². The Morgan fingerprint density at radius 1 is 1.50 bits per heavy atom. The van der Waals surface area contributed by atoms with Crippen LogP contribution in [-0.4, -0.2) is 22.3 Å². The van der Waals surface area contributed by atoms with Gasteiger partial charge >= 0.3 is 0 Å². The van der Waals surface area contributed by atoms with Crippen LogP contribution in [0.2, 0.25) is 0 Å². The lowest BCUT2D eigenvalue weighted by atomic mass is 9.81. The van der Waals surface area contributed by atoms with Crippen molar-refractivity contribution in [3.05, 3.63) is 12.2 Å². The van der Waals surface area contributed by atoms with Gasteiger partial charge in [0, 0.05) is 13.0 Å². The fourth-order valence-electron chi connectivity index (χ4n) is 1.99. The molecule has 0 aliphatic carbocycles. The van der Waals surface area contributed by atoms with E-state index in [0.717, 1.165) is 6.42 Å². The summed E-state index contributed by atoms with van der Waals surface area (Å²) in [7, 11) is 0. The Bertz CT molecular complexity index is 310. The van der Waals surface area contributed by atoms with Crippen LogP contribution in [0.3, 0.4) is 0 Å². The summed E-state index contributed by atoms with van der Waals surface area (Å²) in [5.74, 6) is 0.578. The fraction of sp³-hybridized carbons (Fsp3) is 0.778. The van der Waals surface area contributed by atoms with Crippen molar-refractivity contribution >= 4 is 0 Å². The molecule has 0 aromatic carbocycles. The minimum absolute atomic E-state index is 0.215. The van der Waals surface area contributed by atoms with Crippen molar-refractivity contribution in [3.8, 4) is 0 Å². The molecule has 14 heavy (non-hydrogen) atoms. The molecule has 2 rings (SSSR count). The first kappa shape index (κ1) is 9.61. The average Bonchev–Trinajstić information content (AvgIpc) is 2.52. The second kappa shape index (κ2) is 3.03. The van der Waals surface area contributed by atoms with Crippen LogP contribution in [0.15, 0.2) is 10.9 Å². The van der Waals surface area contributed by atoms with Gasteiger partial charge in [0.25, 0.3) is 0 Å². The largest absolute Gasteiger partial charge is 0.375 e. The number of nitrogens with zero attached hydrogens (tertiary/aromatic N) is 2. The van der Waals surface area contributed by atoms with E-state index in [0.29, 0.717) is 18.9 Å². The molecule has 2 N–H and O–H groups in total.